The molecule has 0 aliphatic heterocycles. The van der Waals surface area contributed by atoms with E-state index in [4.69, 9.17) is 9.26 Å². The Morgan fingerprint density at radius 3 is 2.78 bits per heavy atom. The molecular weight excluding hydrogens is 346 g/mol. The Labute approximate surface area is 155 Å². The van der Waals surface area contributed by atoms with Crippen molar-refractivity contribution in [3.63, 3.8) is 0 Å². The van der Waals surface area contributed by atoms with Crippen LogP contribution >= 0.6 is 0 Å². The molecule has 1 fully saturated rings. The predicted octanol–water partition coefficient (Wildman–Crippen LogP) is 3.84. The van der Waals surface area contributed by atoms with Gasteiger partial charge in [0.2, 0.25) is 0 Å². The van der Waals surface area contributed by atoms with Crippen molar-refractivity contribution in [1.82, 2.24) is 10.1 Å². The minimum Gasteiger partial charge on any atom is -0.462 e. The highest BCUT2D eigenvalue weighted by Crippen LogP contribution is 2.40. The van der Waals surface area contributed by atoms with Crippen molar-refractivity contribution < 1.29 is 18.8 Å². The number of aryl methyl sites for hydroxylation is 1. The number of anilines is 1. The summed E-state index contributed by atoms with van der Waals surface area (Å²) in [7, 11) is 0. The van der Waals surface area contributed by atoms with Gasteiger partial charge in [0.15, 0.2) is 0 Å². The van der Waals surface area contributed by atoms with Crippen molar-refractivity contribution in [2.75, 3.05) is 11.9 Å². The first-order valence-corrected chi connectivity index (χ1v) is 8.93. The molecule has 0 radical (unpaired) electrons. The normalized spacial score (nSPS) is 13.6. The summed E-state index contributed by atoms with van der Waals surface area (Å²) in [4.78, 5) is 29.7. The lowest BCUT2D eigenvalue weighted by atomic mass is 10.1. The van der Waals surface area contributed by atoms with E-state index in [0.29, 0.717) is 39.5 Å². The average molecular weight is 365 g/mol. The molecule has 2 heterocycles. The number of amides is 1. The summed E-state index contributed by atoms with van der Waals surface area (Å²) in [5, 5.41) is 7.36. The number of hydrogen-bond donors (Lipinski definition) is 1. The monoisotopic (exact) mass is 365 g/mol. The van der Waals surface area contributed by atoms with Crippen LogP contribution in [0.5, 0.6) is 0 Å². The standard InChI is InChI=1S/C20H19N3O4/c1-3-26-20(25)13-6-4-5-7-15(13)21-18(24)14-10-16(12-8-9-12)22-19-17(14)11(2)23-27-19/h4-7,10,12H,3,8-9H2,1-2H3,(H,21,24). The number of benzene rings is 1. The molecule has 1 aromatic carbocycles. The minimum absolute atomic E-state index is 0.261. The van der Waals surface area contributed by atoms with Gasteiger partial charge in [-0.15, -0.1) is 0 Å². The fourth-order valence-electron chi connectivity index (χ4n) is 3.05. The number of carbonyl (C=O) groups is 2. The number of hydrogen-bond acceptors (Lipinski definition) is 6. The zero-order valence-electron chi connectivity index (χ0n) is 15.1. The van der Waals surface area contributed by atoms with E-state index in [1.165, 1.54) is 0 Å². The third-order valence-corrected chi connectivity index (χ3v) is 4.55. The van der Waals surface area contributed by atoms with E-state index in [1.54, 1.807) is 44.2 Å². The predicted molar refractivity (Wildman–Crippen MR) is 98.9 cm³/mol. The van der Waals surface area contributed by atoms with Gasteiger partial charge in [-0.05, 0) is 44.9 Å². The number of rotatable bonds is 5. The van der Waals surface area contributed by atoms with Crippen molar-refractivity contribution in [1.29, 1.82) is 0 Å². The maximum absolute atomic E-state index is 13.0. The van der Waals surface area contributed by atoms with Gasteiger partial charge in [0.25, 0.3) is 11.6 Å². The summed E-state index contributed by atoms with van der Waals surface area (Å²) < 4.78 is 10.4. The largest absolute Gasteiger partial charge is 0.462 e. The molecule has 0 unspecified atom stereocenters. The molecule has 0 saturated heterocycles. The van der Waals surface area contributed by atoms with Crippen molar-refractivity contribution in [3.8, 4) is 0 Å². The lowest BCUT2D eigenvalue weighted by Crippen LogP contribution is -2.17. The first kappa shape index (κ1) is 17.2. The molecule has 7 heteroatoms. The molecule has 3 aromatic rings. The number of aromatic nitrogens is 2. The van der Waals surface area contributed by atoms with E-state index in [1.807, 2.05) is 0 Å². The van der Waals surface area contributed by atoms with E-state index < -0.39 is 5.97 Å². The third kappa shape index (κ3) is 3.28. The highest BCUT2D eigenvalue weighted by molar-refractivity contribution is 6.14. The van der Waals surface area contributed by atoms with Crippen molar-refractivity contribution in [2.45, 2.75) is 32.6 Å². The topological polar surface area (TPSA) is 94.3 Å². The Balaban J connectivity index is 1.72. The van der Waals surface area contributed by atoms with Crippen LogP contribution < -0.4 is 5.32 Å². The van der Waals surface area contributed by atoms with E-state index in [0.717, 1.165) is 18.5 Å². The van der Waals surface area contributed by atoms with Crippen LogP contribution in [-0.2, 0) is 4.74 Å². The average Bonchev–Trinajstić information content (AvgIpc) is 3.45. The fourth-order valence-corrected chi connectivity index (χ4v) is 3.05. The minimum atomic E-state index is -0.479. The lowest BCUT2D eigenvalue weighted by molar-refractivity contribution is 0.0527. The number of para-hydroxylation sites is 1. The van der Waals surface area contributed by atoms with Gasteiger partial charge >= 0.3 is 5.97 Å². The van der Waals surface area contributed by atoms with Crippen LogP contribution in [-0.4, -0.2) is 28.6 Å². The van der Waals surface area contributed by atoms with Crippen LogP contribution in [0.3, 0.4) is 0 Å². The third-order valence-electron chi connectivity index (χ3n) is 4.55. The Morgan fingerprint density at radius 2 is 2.04 bits per heavy atom. The fraction of sp³-hybridized carbons (Fsp3) is 0.300. The van der Waals surface area contributed by atoms with E-state index in [9.17, 15) is 9.59 Å². The second-order valence-electron chi connectivity index (χ2n) is 6.54. The number of carbonyl (C=O) groups excluding carboxylic acids is 2. The SMILES string of the molecule is CCOC(=O)c1ccccc1NC(=O)c1cc(C2CC2)nc2onc(C)c12. The number of ether oxygens (including phenoxy) is 1. The summed E-state index contributed by atoms with van der Waals surface area (Å²) in [6, 6.07) is 8.57. The summed E-state index contributed by atoms with van der Waals surface area (Å²) in [6.45, 7) is 3.77. The smallest absolute Gasteiger partial charge is 0.340 e. The number of fused-ring (bicyclic) bond motifs is 1. The number of nitrogens with one attached hydrogen (secondary N) is 1. The van der Waals surface area contributed by atoms with Crippen LogP contribution in [0.25, 0.3) is 11.1 Å². The van der Waals surface area contributed by atoms with Crippen LogP contribution in [0.4, 0.5) is 5.69 Å². The molecule has 7 nitrogen and oxygen atoms in total. The van der Waals surface area contributed by atoms with E-state index in [2.05, 4.69) is 15.5 Å². The highest BCUT2D eigenvalue weighted by atomic mass is 16.5. The van der Waals surface area contributed by atoms with Crippen molar-refractivity contribution in [3.05, 3.63) is 52.8 Å². The summed E-state index contributed by atoms with van der Waals surface area (Å²) in [5.41, 5.74) is 2.95. The second-order valence-corrected chi connectivity index (χ2v) is 6.54. The maximum Gasteiger partial charge on any atom is 0.340 e. The molecule has 1 aliphatic carbocycles. The summed E-state index contributed by atoms with van der Waals surface area (Å²) >= 11 is 0. The molecule has 0 atom stereocenters. The molecular formula is C20H19N3O4. The molecule has 1 saturated carbocycles. The van der Waals surface area contributed by atoms with Gasteiger partial charge in [0.05, 0.1) is 34.5 Å². The maximum atomic E-state index is 13.0. The Hall–Kier alpha value is -3.22. The Kier molecular flexibility index (Phi) is 4.35. The quantitative estimate of drug-likeness (QED) is 0.691. The van der Waals surface area contributed by atoms with Gasteiger partial charge in [0.1, 0.15) is 0 Å². The van der Waals surface area contributed by atoms with Crippen molar-refractivity contribution in [2.24, 2.45) is 0 Å². The highest BCUT2D eigenvalue weighted by Gasteiger charge is 2.29. The molecule has 1 amide bonds. The number of nitrogens with zero attached hydrogens (tertiary/aromatic N) is 2. The second kappa shape index (κ2) is 6.83. The van der Waals surface area contributed by atoms with Crippen LogP contribution in [0.15, 0.2) is 34.9 Å². The first-order valence-electron chi connectivity index (χ1n) is 8.93. The molecule has 2 aromatic heterocycles. The van der Waals surface area contributed by atoms with Gasteiger partial charge in [0, 0.05) is 11.6 Å². The Morgan fingerprint density at radius 1 is 1.26 bits per heavy atom. The van der Waals surface area contributed by atoms with Crippen LogP contribution in [0.2, 0.25) is 0 Å². The van der Waals surface area contributed by atoms with Gasteiger partial charge in [-0.2, -0.15) is 0 Å². The first-order chi connectivity index (χ1) is 13.1. The number of esters is 1. The van der Waals surface area contributed by atoms with Crippen LogP contribution in [0, 0.1) is 6.92 Å². The van der Waals surface area contributed by atoms with Crippen LogP contribution in [0.1, 0.15) is 57.8 Å². The zero-order chi connectivity index (χ0) is 19.0. The number of pyridine rings is 1. The Bertz CT molecular complexity index is 1040. The summed E-state index contributed by atoms with van der Waals surface area (Å²) in [6.07, 6.45) is 2.11. The molecule has 27 heavy (non-hydrogen) atoms. The van der Waals surface area contributed by atoms with Gasteiger partial charge < -0.3 is 14.6 Å². The van der Waals surface area contributed by atoms with Gasteiger partial charge in [-0.3, -0.25) is 4.79 Å². The van der Waals surface area contributed by atoms with E-state index in [-0.39, 0.29) is 12.5 Å². The molecule has 4 rings (SSSR count). The molecule has 0 bridgehead atoms. The van der Waals surface area contributed by atoms with Gasteiger partial charge in [-0.25, -0.2) is 9.78 Å². The van der Waals surface area contributed by atoms with E-state index >= 15 is 0 Å². The molecule has 0 spiro atoms. The molecule has 138 valence electrons. The summed E-state index contributed by atoms with van der Waals surface area (Å²) in [5.74, 6) is -0.460. The van der Waals surface area contributed by atoms with Gasteiger partial charge in [-0.1, -0.05) is 17.3 Å². The van der Waals surface area contributed by atoms with Crippen molar-refractivity contribution >= 4 is 28.7 Å². The molecule has 1 N–H and O–H groups in total. The zero-order valence-corrected chi connectivity index (χ0v) is 15.1. The molecule has 1 aliphatic rings. The lowest BCUT2D eigenvalue weighted by Gasteiger charge is -2.11.